The van der Waals surface area contributed by atoms with Crippen LogP contribution < -0.4 is 0 Å². The van der Waals surface area contributed by atoms with Gasteiger partial charge in [0.25, 0.3) is 5.91 Å². The van der Waals surface area contributed by atoms with Gasteiger partial charge in [-0.25, -0.2) is 0 Å². The fraction of sp³-hybridized carbons (Fsp3) is 0.500. The van der Waals surface area contributed by atoms with Crippen LogP contribution in [0.15, 0.2) is 34.9 Å². The van der Waals surface area contributed by atoms with E-state index in [0.29, 0.717) is 22.5 Å². The Morgan fingerprint density at radius 1 is 1.24 bits per heavy atom. The van der Waals surface area contributed by atoms with E-state index in [1.54, 1.807) is 18.2 Å². The molecule has 5 heteroatoms. The number of amides is 1. The van der Waals surface area contributed by atoms with Gasteiger partial charge in [-0.1, -0.05) is 37.5 Å². The maximum absolute atomic E-state index is 13.0. The number of carbonyl (C=O) groups excluding carboxylic acids is 1. The van der Waals surface area contributed by atoms with E-state index < -0.39 is 0 Å². The lowest BCUT2D eigenvalue weighted by molar-refractivity contribution is 0.0698. The van der Waals surface area contributed by atoms with E-state index in [9.17, 15) is 4.79 Å². The van der Waals surface area contributed by atoms with Crippen LogP contribution in [0, 0.1) is 10.8 Å². The SMILES string of the molecule is CC1(C)C[C@H]2C[C@@](C)(CN2C(=O)c2cc(-c3ccc(Cl)cc3)on2)C1. The topological polar surface area (TPSA) is 46.3 Å². The number of carbonyl (C=O) groups is 1. The quantitative estimate of drug-likeness (QED) is 0.755. The number of hydrogen-bond donors (Lipinski definition) is 0. The number of halogens is 1. The summed E-state index contributed by atoms with van der Waals surface area (Å²) in [7, 11) is 0. The van der Waals surface area contributed by atoms with Gasteiger partial charge in [-0.05, 0) is 54.4 Å². The maximum Gasteiger partial charge on any atom is 0.276 e. The van der Waals surface area contributed by atoms with Gasteiger partial charge in [-0.15, -0.1) is 0 Å². The second-order valence-electron chi connectivity index (χ2n) is 8.73. The molecule has 2 atom stereocenters. The van der Waals surface area contributed by atoms with Crippen molar-refractivity contribution in [2.75, 3.05) is 6.54 Å². The summed E-state index contributed by atoms with van der Waals surface area (Å²) in [6.07, 6.45) is 3.30. The first-order valence-corrected chi connectivity index (χ1v) is 9.16. The molecule has 1 amide bonds. The van der Waals surface area contributed by atoms with Crippen molar-refractivity contribution in [3.8, 4) is 11.3 Å². The number of nitrogens with zero attached hydrogens (tertiary/aromatic N) is 2. The molecule has 1 aromatic heterocycles. The Bertz CT molecular complexity index is 811. The van der Waals surface area contributed by atoms with Gasteiger partial charge in [0.1, 0.15) is 0 Å². The molecule has 0 unspecified atom stereocenters. The van der Waals surface area contributed by atoms with Crippen molar-refractivity contribution >= 4 is 17.5 Å². The third-order valence-electron chi connectivity index (χ3n) is 5.53. The highest BCUT2D eigenvalue weighted by Crippen LogP contribution is 2.52. The van der Waals surface area contributed by atoms with Crippen LogP contribution >= 0.6 is 11.6 Å². The molecular formula is C20H23ClN2O2. The number of likely N-dealkylation sites (tertiary alicyclic amines) is 1. The summed E-state index contributed by atoms with van der Waals surface area (Å²) in [6, 6.07) is 9.37. The molecule has 1 aromatic carbocycles. The molecule has 1 aliphatic carbocycles. The van der Waals surface area contributed by atoms with Crippen LogP contribution in [0.5, 0.6) is 0 Å². The van der Waals surface area contributed by atoms with Crippen molar-refractivity contribution in [3.63, 3.8) is 0 Å². The monoisotopic (exact) mass is 358 g/mol. The molecule has 2 bridgehead atoms. The van der Waals surface area contributed by atoms with E-state index in [1.807, 2.05) is 17.0 Å². The maximum atomic E-state index is 13.0. The first kappa shape index (κ1) is 16.6. The summed E-state index contributed by atoms with van der Waals surface area (Å²) in [6.45, 7) is 7.72. The molecule has 2 heterocycles. The van der Waals surface area contributed by atoms with Crippen molar-refractivity contribution in [2.24, 2.45) is 10.8 Å². The van der Waals surface area contributed by atoms with Crippen molar-refractivity contribution in [2.45, 2.75) is 46.1 Å². The zero-order chi connectivity index (χ0) is 17.8. The van der Waals surface area contributed by atoms with Gasteiger partial charge in [0.05, 0.1) is 0 Å². The molecule has 0 radical (unpaired) electrons. The number of rotatable bonds is 2. The molecule has 132 valence electrons. The average Bonchev–Trinajstić information content (AvgIpc) is 3.09. The molecule has 2 aromatic rings. The van der Waals surface area contributed by atoms with Crippen LogP contribution in [0.2, 0.25) is 5.02 Å². The first-order chi connectivity index (χ1) is 11.7. The van der Waals surface area contributed by atoms with Gasteiger partial charge >= 0.3 is 0 Å². The summed E-state index contributed by atoms with van der Waals surface area (Å²) in [5, 5.41) is 4.70. The van der Waals surface area contributed by atoms with Crippen LogP contribution in [0.25, 0.3) is 11.3 Å². The van der Waals surface area contributed by atoms with Crippen LogP contribution in [0.4, 0.5) is 0 Å². The van der Waals surface area contributed by atoms with Crippen molar-refractivity contribution in [1.29, 1.82) is 0 Å². The summed E-state index contributed by atoms with van der Waals surface area (Å²) >= 11 is 5.92. The molecule has 2 aliphatic rings. The van der Waals surface area contributed by atoms with Gasteiger partial charge in [-0.3, -0.25) is 4.79 Å². The van der Waals surface area contributed by atoms with E-state index in [0.717, 1.165) is 31.4 Å². The van der Waals surface area contributed by atoms with Gasteiger partial charge in [-0.2, -0.15) is 0 Å². The van der Waals surface area contributed by atoms with Gasteiger partial charge < -0.3 is 9.42 Å². The van der Waals surface area contributed by atoms with Crippen LogP contribution in [-0.4, -0.2) is 28.6 Å². The molecule has 0 spiro atoms. The van der Waals surface area contributed by atoms with E-state index in [2.05, 4.69) is 25.9 Å². The minimum absolute atomic E-state index is 0.0182. The number of fused-ring (bicyclic) bond motifs is 2. The number of aromatic nitrogens is 1. The fourth-order valence-corrected chi connectivity index (χ4v) is 5.10. The predicted molar refractivity (Wildman–Crippen MR) is 97.5 cm³/mol. The predicted octanol–water partition coefficient (Wildman–Crippen LogP) is 5.04. The third-order valence-corrected chi connectivity index (χ3v) is 5.79. The molecule has 4 nitrogen and oxygen atoms in total. The lowest BCUT2D eigenvalue weighted by Gasteiger charge is -2.39. The zero-order valence-electron chi connectivity index (χ0n) is 14.9. The number of hydrogen-bond acceptors (Lipinski definition) is 3. The lowest BCUT2D eigenvalue weighted by atomic mass is 9.65. The molecule has 2 fully saturated rings. The molecule has 1 aliphatic heterocycles. The Kier molecular flexibility index (Phi) is 3.73. The zero-order valence-corrected chi connectivity index (χ0v) is 15.6. The molecule has 0 N–H and O–H groups in total. The van der Waals surface area contributed by atoms with Crippen LogP contribution in [-0.2, 0) is 0 Å². The van der Waals surface area contributed by atoms with E-state index in [-0.39, 0.29) is 16.7 Å². The minimum atomic E-state index is -0.0182. The molecule has 4 rings (SSSR count). The van der Waals surface area contributed by atoms with Crippen molar-refractivity contribution in [3.05, 3.63) is 41.0 Å². The van der Waals surface area contributed by atoms with E-state index in [4.69, 9.17) is 16.1 Å². The smallest absolute Gasteiger partial charge is 0.276 e. The highest BCUT2D eigenvalue weighted by molar-refractivity contribution is 6.30. The first-order valence-electron chi connectivity index (χ1n) is 8.78. The highest BCUT2D eigenvalue weighted by atomic mass is 35.5. The average molecular weight is 359 g/mol. The van der Waals surface area contributed by atoms with Gasteiger partial charge in [0, 0.05) is 29.2 Å². The standard InChI is InChI=1S/C20H23ClN2O2/c1-19(2)9-15-10-20(3,11-19)12-23(15)18(24)16-8-17(25-22-16)13-4-6-14(21)7-5-13/h4-8,15H,9-12H2,1-3H3/t15-,20+/m0/s1. The summed E-state index contributed by atoms with van der Waals surface area (Å²) in [5.74, 6) is 0.573. The normalized spacial score (nSPS) is 27.5. The summed E-state index contributed by atoms with van der Waals surface area (Å²) < 4.78 is 5.41. The van der Waals surface area contributed by atoms with Gasteiger partial charge in [0.15, 0.2) is 11.5 Å². The second kappa shape index (κ2) is 5.60. The minimum Gasteiger partial charge on any atom is -0.355 e. The Labute approximate surface area is 153 Å². The molecule has 25 heavy (non-hydrogen) atoms. The molecule has 1 saturated carbocycles. The highest BCUT2D eigenvalue weighted by Gasteiger charge is 2.51. The Balaban J connectivity index is 1.57. The number of benzene rings is 1. The Morgan fingerprint density at radius 2 is 1.96 bits per heavy atom. The Hall–Kier alpha value is -1.81. The third kappa shape index (κ3) is 3.08. The van der Waals surface area contributed by atoms with Gasteiger partial charge in [0.2, 0.25) is 0 Å². The molecular weight excluding hydrogens is 336 g/mol. The van der Waals surface area contributed by atoms with Crippen LogP contribution in [0.3, 0.4) is 0 Å². The van der Waals surface area contributed by atoms with Crippen molar-refractivity contribution in [1.82, 2.24) is 10.1 Å². The van der Waals surface area contributed by atoms with E-state index >= 15 is 0 Å². The summed E-state index contributed by atoms with van der Waals surface area (Å²) in [5.41, 5.74) is 1.75. The Morgan fingerprint density at radius 3 is 2.68 bits per heavy atom. The van der Waals surface area contributed by atoms with Crippen LogP contribution in [0.1, 0.15) is 50.5 Å². The van der Waals surface area contributed by atoms with Crippen molar-refractivity contribution < 1.29 is 9.32 Å². The van der Waals surface area contributed by atoms with E-state index in [1.165, 1.54) is 0 Å². The summed E-state index contributed by atoms with van der Waals surface area (Å²) in [4.78, 5) is 15.0. The lowest BCUT2D eigenvalue weighted by Crippen LogP contribution is -2.37. The fourth-order valence-electron chi connectivity index (χ4n) is 4.97. The largest absolute Gasteiger partial charge is 0.355 e. The second-order valence-corrected chi connectivity index (χ2v) is 9.17. The molecule has 1 saturated heterocycles.